The number of aryl methyl sites for hydroxylation is 1. The Hall–Kier alpha value is -3.89. The van der Waals surface area contributed by atoms with Gasteiger partial charge in [0.1, 0.15) is 17.0 Å². The summed E-state index contributed by atoms with van der Waals surface area (Å²) in [7, 11) is 0. The van der Waals surface area contributed by atoms with Gasteiger partial charge in [-0.3, -0.25) is 4.57 Å². The molecule has 0 fully saturated rings. The number of nitrogens with zero attached hydrogens (tertiary/aromatic N) is 2. The maximum atomic E-state index is 6.19. The van der Waals surface area contributed by atoms with Crippen LogP contribution in [0, 0.1) is 6.92 Å². The zero-order chi connectivity index (χ0) is 21.2. The van der Waals surface area contributed by atoms with Gasteiger partial charge in [-0.15, -0.1) is 11.3 Å². The first-order chi connectivity index (χ1) is 15.8. The van der Waals surface area contributed by atoms with Crippen LogP contribution in [0.5, 0.6) is 0 Å². The molecular weight excluding hydrogens is 412 g/mol. The van der Waals surface area contributed by atoms with Gasteiger partial charge in [0.2, 0.25) is 0 Å². The molecule has 7 aromatic rings. The number of aromatic nitrogens is 2. The first kappa shape index (κ1) is 17.8. The number of benzene rings is 4. The highest BCUT2D eigenvalue weighted by molar-refractivity contribution is 7.17. The summed E-state index contributed by atoms with van der Waals surface area (Å²) in [5.74, 6) is 0.957. The average molecular weight is 431 g/mol. The summed E-state index contributed by atoms with van der Waals surface area (Å²) in [5.41, 5.74) is 7.34. The third-order valence-corrected chi connectivity index (χ3v) is 7.11. The van der Waals surface area contributed by atoms with Crippen LogP contribution in [-0.2, 0) is 0 Å². The van der Waals surface area contributed by atoms with Crippen LogP contribution >= 0.6 is 11.3 Å². The molecule has 4 heteroatoms. The topological polar surface area (TPSA) is 31.0 Å². The summed E-state index contributed by atoms with van der Waals surface area (Å²) in [6.45, 7) is 2.14. The minimum atomic E-state index is 0.887. The van der Waals surface area contributed by atoms with Gasteiger partial charge in [-0.1, -0.05) is 42.0 Å². The molecule has 0 saturated heterocycles. The number of imidazole rings is 1. The van der Waals surface area contributed by atoms with E-state index in [-0.39, 0.29) is 0 Å². The van der Waals surface area contributed by atoms with Crippen molar-refractivity contribution in [3.63, 3.8) is 0 Å². The number of furan rings is 1. The van der Waals surface area contributed by atoms with Crippen LogP contribution in [0.1, 0.15) is 5.56 Å². The van der Waals surface area contributed by atoms with Crippen LogP contribution < -0.4 is 0 Å². The Bertz CT molecular complexity index is 1800. The van der Waals surface area contributed by atoms with Gasteiger partial charge in [-0.25, -0.2) is 4.98 Å². The number of para-hydroxylation sites is 3. The van der Waals surface area contributed by atoms with Crippen LogP contribution in [0.15, 0.2) is 94.7 Å². The predicted molar refractivity (Wildman–Crippen MR) is 134 cm³/mol. The first-order valence-corrected chi connectivity index (χ1v) is 11.5. The fourth-order valence-electron chi connectivity index (χ4n) is 4.64. The second-order valence-corrected chi connectivity index (χ2v) is 9.10. The van der Waals surface area contributed by atoms with E-state index in [1.54, 1.807) is 11.3 Å². The van der Waals surface area contributed by atoms with E-state index in [9.17, 15) is 0 Å². The molecule has 0 atom stereocenters. The largest absolute Gasteiger partial charge is 0.456 e. The molecule has 0 radical (unpaired) electrons. The Kier molecular flexibility index (Phi) is 3.64. The van der Waals surface area contributed by atoms with E-state index >= 15 is 0 Å². The maximum Gasteiger partial charge on any atom is 0.147 e. The average Bonchev–Trinajstić information content (AvgIpc) is 3.50. The van der Waals surface area contributed by atoms with Crippen molar-refractivity contribution in [2.75, 3.05) is 0 Å². The van der Waals surface area contributed by atoms with E-state index in [1.807, 2.05) is 18.2 Å². The molecule has 0 spiro atoms. The molecular formula is C28H18N2OS. The standard InChI is InChI=1S/C28H18N2OS/c1-17-10-13-27-21(14-17)22(16-32-27)28-29-23-7-3-4-8-24(23)30(28)18-11-12-20-19-6-2-5-9-25(19)31-26(20)15-18/h2-16H,1H3. The van der Waals surface area contributed by atoms with E-state index in [4.69, 9.17) is 9.40 Å². The fourth-order valence-corrected chi connectivity index (χ4v) is 5.56. The van der Waals surface area contributed by atoms with Gasteiger partial charge < -0.3 is 4.42 Å². The summed E-state index contributed by atoms with van der Waals surface area (Å²) in [6, 6.07) is 29.6. The summed E-state index contributed by atoms with van der Waals surface area (Å²) in [5, 5.41) is 5.74. The quantitative estimate of drug-likeness (QED) is 0.277. The highest BCUT2D eigenvalue weighted by atomic mass is 32.1. The van der Waals surface area contributed by atoms with Gasteiger partial charge in [0.25, 0.3) is 0 Å². The SMILES string of the molecule is Cc1ccc2scc(-c3nc4ccccc4n3-c3ccc4c(c3)oc3ccccc34)c2c1. The van der Waals surface area contributed by atoms with Crippen molar-refractivity contribution < 1.29 is 4.42 Å². The van der Waals surface area contributed by atoms with Gasteiger partial charge in [0.15, 0.2) is 0 Å². The normalized spacial score (nSPS) is 11.9. The minimum Gasteiger partial charge on any atom is -0.456 e. The van der Waals surface area contributed by atoms with Crippen molar-refractivity contribution in [2.45, 2.75) is 6.92 Å². The third-order valence-electron chi connectivity index (χ3n) is 6.15. The Morgan fingerprint density at radius 1 is 0.781 bits per heavy atom. The zero-order valence-electron chi connectivity index (χ0n) is 17.4. The summed E-state index contributed by atoms with van der Waals surface area (Å²) >= 11 is 1.76. The van der Waals surface area contributed by atoms with Crippen molar-refractivity contribution >= 4 is 54.4 Å². The van der Waals surface area contributed by atoms with Crippen molar-refractivity contribution in [3.05, 3.63) is 95.9 Å². The highest BCUT2D eigenvalue weighted by Gasteiger charge is 2.18. The molecule has 3 heterocycles. The van der Waals surface area contributed by atoms with E-state index in [1.165, 1.54) is 15.6 Å². The first-order valence-electron chi connectivity index (χ1n) is 10.6. The number of hydrogen-bond donors (Lipinski definition) is 0. The minimum absolute atomic E-state index is 0.887. The number of rotatable bonds is 2. The lowest BCUT2D eigenvalue weighted by Crippen LogP contribution is -1.97. The lowest BCUT2D eigenvalue weighted by molar-refractivity contribution is 0.668. The van der Waals surface area contributed by atoms with Crippen molar-refractivity contribution in [1.82, 2.24) is 9.55 Å². The predicted octanol–water partition coefficient (Wildman–Crippen LogP) is 8.12. The molecule has 0 aliphatic heterocycles. The number of thiophene rings is 1. The van der Waals surface area contributed by atoms with Crippen molar-refractivity contribution in [3.8, 4) is 17.1 Å². The van der Waals surface area contributed by atoms with Crippen molar-refractivity contribution in [2.24, 2.45) is 0 Å². The Balaban J connectivity index is 1.54. The third kappa shape index (κ3) is 2.50. The van der Waals surface area contributed by atoms with Crippen LogP contribution in [-0.4, -0.2) is 9.55 Å². The van der Waals surface area contributed by atoms with Crippen LogP contribution in [0.3, 0.4) is 0 Å². The fraction of sp³-hybridized carbons (Fsp3) is 0.0357. The smallest absolute Gasteiger partial charge is 0.147 e. The molecule has 4 aromatic carbocycles. The number of fused-ring (bicyclic) bond motifs is 5. The summed E-state index contributed by atoms with van der Waals surface area (Å²) < 4.78 is 9.72. The van der Waals surface area contributed by atoms with Crippen molar-refractivity contribution in [1.29, 1.82) is 0 Å². The summed E-state index contributed by atoms with van der Waals surface area (Å²) in [4.78, 5) is 5.07. The Morgan fingerprint density at radius 3 is 2.59 bits per heavy atom. The summed E-state index contributed by atoms with van der Waals surface area (Å²) in [6.07, 6.45) is 0. The van der Waals surface area contributed by atoms with Gasteiger partial charge in [-0.05, 0) is 49.4 Å². The van der Waals surface area contributed by atoms with Gasteiger partial charge in [0.05, 0.1) is 16.7 Å². The van der Waals surface area contributed by atoms with E-state index in [0.29, 0.717) is 0 Å². The monoisotopic (exact) mass is 430 g/mol. The molecule has 152 valence electrons. The molecule has 3 aromatic heterocycles. The zero-order valence-corrected chi connectivity index (χ0v) is 18.2. The molecule has 3 nitrogen and oxygen atoms in total. The van der Waals surface area contributed by atoms with Gasteiger partial charge in [0, 0.05) is 37.9 Å². The molecule has 0 aliphatic rings. The molecule has 0 unspecified atom stereocenters. The second kappa shape index (κ2) is 6.55. The van der Waals surface area contributed by atoms with E-state index in [0.717, 1.165) is 50.0 Å². The number of hydrogen-bond acceptors (Lipinski definition) is 3. The molecule has 0 aliphatic carbocycles. The molecule has 32 heavy (non-hydrogen) atoms. The lowest BCUT2D eigenvalue weighted by Gasteiger charge is -2.09. The maximum absolute atomic E-state index is 6.19. The van der Waals surface area contributed by atoms with Crippen LogP contribution in [0.25, 0.3) is 60.1 Å². The lowest BCUT2D eigenvalue weighted by atomic mass is 10.1. The molecule has 0 bridgehead atoms. The Morgan fingerprint density at radius 2 is 1.62 bits per heavy atom. The van der Waals surface area contributed by atoms with E-state index < -0.39 is 0 Å². The Labute approximate surface area is 188 Å². The molecule has 7 rings (SSSR count). The molecule has 0 saturated carbocycles. The van der Waals surface area contributed by atoms with Crippen LogP contribution in [0.4, 0.5) is 0 Å². The van der Waals surface area contributed by atoms with Gasteiger partial charge >= 0.3 is 0 Å². The molecule has 0 N–H and O–H groups in total. The van der Waals surface area contributed by atoms with Crippen LogP contribution in [0.2, 0.25) is 0 Å². The second-order valence-electron chi connectivity index (χ2n) is 8.19. The highest BCUT2D eigenvalue weighted by Crippen LogP contribution is 2.38. The van der Waals surface area contributed by atoms with Gasteiger partial charge in [-0.2, -0.15) is 0 Å². The van der Waals surface area contributed by atoms with E-state index in [2.05, 4.69) is 83.6 Å². The molecule has 0 amide bonds.